The van der Waals surface area contributed by atoms with Gasteiger partial charge in [0.25, 0.3) is 0 Å². The summed E-state index contributed by atoms with van der Waals surface area (Å²) in [5.74, 6) is 2.15. The van der Waals surface area contributed by atoms with Crippen molar-refractivity contribution in [2.45, 2.75) is 136 Å². The summed E-state index contributed by atoms with van der Waals surface area (Å²) in [5.41, 5.74) is 11.9. The van der Waals surface area contributed by atoms with Crippen molar-refractivity contribution in [3.8, 4) is 16.9 Å². The van der Waals surface area contributed by atoms with E-state index in [1.165, 1.54) is 22.3 Å². The molecule has 79 heavy (non-hydrogen) atoms. The number of hydrogen-bond acceptors (Lipinski definition) is 10. The van der Waals surface area contributed by atoms with Crippen molar-refractivity contribution in [3.63, 3.8) is 0 Å². The number of phenolic OH excluding ortho intramolecular Hbond substituents is 1. The number of esters is 2. The highest BCUT2D eigenvalue weighted by molar-refractivity contribution is 6.07. The number of cyclic esters (lactones) is 1. The van der Waals surface area contributed by atoms with Gasteiger partial charge in [-0.3, -0.25) is 0 Å². The van der Waals surface area contributed by atoms with Gasteiger partial charge in [-0.25, -0.2) is 9.59 Å². The van der Waals surface area contributed by atoms with Crippen LogP contribution in [0.4, 0.5) is 0 Å². The molecule has 5 aliphatic heterocycles. The maximum absolute atomic E-state index is 15.3. The minimum Gasteiger partial charge on any atom is -0.508 e. The zero-order valence-electron chi connectivity index (χ0n) is 47.0. The number of fused-ring (bicyclic) bond motifs is 5. The second-order valence-corrected chi connectivity index (χ2v) is 25.0. The van der Waals surface area contributed by atoms with Gasteiger partial charge in [0.05, 0.1) is 17.2 Å². The van der Waals surface area contributed by atoms with Gasteiger partial charge >= 0.3 is 11.9 Å². The number of benzene rings is 4. The standard InChI is InChI=1S/C69H84N4O6/c1-4-26-71-42-48-32-45-22-27-72-41-46-13-9-14-49(34-46)54-17-16-53(75)38-58(54)62-55-20-25-69(60(79-67(77)65(62)69)36-43(5-2)30-44-11-7-6-8-12-44)64-56(55)18-19-57-59(78-66(76)63(57)64)21-24-68(52-23-28-73-61(37-52)70-3)39-50(15-10-29-74)51(40-68)35-47(31-45)33-48/h6-9,11-14,16-17,21,31-34,36,38,43,50-52,55-56,61,64,70-75H,4-5,10,15,18-20,22-30,35,37,39-42H2,1-3H3. The highest BCUT2D eigenvalue weighted by atomic mass is 16.6. The van der Waals surface area contributed by atoms with Crippen LogP contribution < -0.4 is 21.3 Å². The summed E-state index contributed by atoms with van der Waals surface area (Å²) in [7, 11) is 2.07. The molecule has 416 valence electrons. The second-order valence-electron chi connectivity index (χ2n) is 25.0. The lowest BCUT2D eigenvalue weighted by atomic mass is 9.44. The van der Waals surface area contributed by atoms with Crippen molar-refractivity contribution in [1.82, 2.24) is 21.3 Å². The van der Waals surface area contributed by atoms with Crippen LogP contribution in [0.2, 0.25) is 0 Å². The molecule has 10 heteroatoms. The first kappa shape index (κ1) is 54.0. The molecule has 5 aliphatic carbocycles. The first-order chi connectivity index (χ1) is 38.6. The fourth-order valence-electron chi connectivity index (χ4n) is 17.0. The Balaban J connectivity index is 1.02. The van der Waals surface area contributed by atoms with Gasteiger partial charge in [0.15, 0.2) is 0 Å². The highest BCUT2D eigenvalue weighted by Gasteiger charge is 2.68. The number of piperidine rings is 1. The van der Waals surface area contributed by atoms with E-state index in [4.69, 9.17) is 9.47 Å². The molecule has 5 heterocycles. The molecular weight excluding hydrogens is 981 g/mol. The number of rotatable bonds is 13. The molecule has 1 spiro atoms. The predicted molar refractivity (Wildman–Crippen MR) is 312 cm³/mol. The van der Waals surface area contributed by atoms with Crippen LogP contribution in [0, 0.1) is 52.3 Å². The SMILES string of the molecule is CCCNCc1cc2cc(c1)CC1CC(C3CCNC(NC)C3)(CC=C3OC(=O)C4=C3CCC3C5CCC6(C(=CC(CC)Cc7ccccc7)OC(=O)C6=C5c5cc(O)ccc5-c5cccc(c5)CNCC2)C43)CC1CCCO. The first-order valence-electron chi connectivity index (χ1n) is 30.5. The molecule has 10 aliphatic rings. The molecule has 2 saturated heterocycles. The number of ether oxygens (including phenoxy) is 2. The number of carbonyl (C=O) groups is 2. The molecule has 10 nitrogen and oxygen atoms in total. The van der Waals surface area contributed by atoms with Crippen LogP contribution in [-0.4, -0.2) is 61.6 Å². The van der Waals surface area contributed by atoms with E-state index in [1.807, 2.05) is 12.1 Å². The zero-order valence-corrected chi connectivity index (χ0v) is 47.0. The fourth-order valence-corrected chi connectivity index (χ4v) is 17.0. The summed E-state index contributed by atoms with van der Waals surface area (Å²) in [4.78, 5) is 30.5. The number of carbonyl (C=O) groups excluding carboxylic acids is 2. The van der Waals surface area contributed by atoms with Crippen molar-refractivity contribution in [3.05, 3.63) is 165 Å². The number of phenols is 1. The second kappa shape index (κ2) is 23.1. The Bertz CT molecular complexity index is 3070. The largest absolute Gasteiger partial charge is 0.508 e. The van der Waals surface area contributed by atoms with Crippen molar-refractivity contribution in [1.29, 1.82) is 0 Å². The average Bonchev–Trinajstić information content (AvgIpc) is 4.10. The lowest BCUT2D eigenvalue weighted by molar-refractivity contribution is -0.135. The molecule has 0 amide bonds. The highest BCUT2D eigenvalue weighted by Crippen LogP contribution is 2.72. The summed E-state index contributed by atoms with van der Waals surface area (Å²) in [6.07, 6.45) is 19.5. The quantitative estimate of drug-likeness (QED) is 0.0566. The molecule has 2 saturated carbocycles. The Kier molecular flexibility index (Phi) is 15.8. The van der Waals surface area contributed by atoms with Crippen LogP contribution >= 0.6 is 0 Å². The van der Waals surface area contributed by atoms with E-state index in [0.29, 0.717) is 42.1 Å². The normalized spacial score (nSPS) is 30.2. The fraction of sp³-hybridized carbons (Fsp3) is 0.507. The van der Waals surface area contributed by atoms with Gasteiger partial charge in [0.1, 0.15) is 17.3 Å². The van der Waals surface area contributed by atoms with Gasteiger partial charge in [0.2, 0.25) is 0 Å². The van der Waals surface area contributed by atoms with Gasteiger partial charge in [-0.1, -0.05) is 86.6 Å². The monoisotopic (exact) mass is 1060 g/mol. The van der Waals surface area contributed by atoms with Crippen LogP contribution in [0.5, 0.6) is 5.75 Å². The lowest BCUT2D eigenvalue weighted by Crippen LogP contribution is -2.52. The van der Waals surface area contributed by atoms with Crippen LogP contribution in [0.15, 0.2) is 131 Å². The Morgan fingerprint density at radius 3 is 2.56 bits per heavy atom. The van der Waals surface area contributed by atoms with Gasteiger partial charge in [-0.2, -0.15) is 0 Å². The van der Waals surface area contributed by atoms with Crippen LogP contribution in [0.25, 0.3) is 16.7 Å². The number of aromatic hydroxyl groups is 1. The van der Waals surface area contributed by atoms with Crippen molar-refractivity contribution >= 4 is 17.5 Å². The maximum Gasteiger partial charge on any atom is 0.340 e. The third kappa shape index (κ3) is 10.3. The molecule has 10 unspecified atom stereocenters. The topological polar surface area (TPSA) is 141 Å². The Morgan fingerprint density at radius 2 is 1.72 bits per heavy atom. The Hall–Kier alpha value is -5.62. The van der Waals surface area contributed by atoms with E-state index in [-0.39, 0.29) is 59.5 Å². The van der Waals surface area contributed by atoms with Crippen LogP contribution in [0.3, 0.4) is 0 Å². The Morgan fingerprint density at radius 1 is 0.848 bits per heavy atom. The molecule has 4 aromatic carbocycles. The van der Waals surface area contributed by atoms with E-state index in [9.17, 15) is 10.2 Å². The molecule has 0 aromatic heterocycles. The molecule has 14 rings (SSSR count). The molecule has 10 atom stereocenters. The van der Waals surface area contributed by atoms with Crippen LogP contribution in [-0.2, 0) is 51.4 Å². The van der Waals surface area contributed by atoms with E-state index >= 15 is 9.59 Å². The predicted octanol–water partition coefficient (Wildman–Crippen LogP) is 11.8. The minimum atomic E-state index is -0.883. The van der Waals surface area contributed by atoms with E-state index in [0.717, 1.165) is 167 Å². The number of nitrogens with one attached hydrogen (secondary N) is 4. The average molecular weight is 1070 g/mol. The number of aliphatic hydroxyl groups is 1. The molecule has 0 radical (unpaired) electrons. The van der Waals surface area contributed by atoms with Gasteiger partial charge in [-0.15, -0.1) is 0 Å². The molecular formula is C69H84N4O6. The summed E-state index contributed by atoms with van der Waals surface area (Å²) in [6.45, 7) is 8.93. The zero-order chi connectivity index (χ0) is 54.3. The van der Waals surface area contributed by atoms with E-state index in [2.05, 4.69) is 127 Å². The van der Waals surface area contributed by atoms with Gasteiger partial charge in [0, 0.05) is 36.8 Å². The van der Waals surface area contributed by atoms with Crippen molar-refractivity contribution < 1.29 is 29.3 Å². The third-order valence-corrected chi connectivity index (χ3v) is 20.5. The minimum absolute atomic E-state index is 0.0280. The molecule has 4 aromatic rings. The Labute approximate surface area is 469 Å². The molecule has 4 fully saturated rings. The van der Waals surface area contributed by atoms with E-state index < -0.39 is 5.41 Å². The molecule has 6 N–H and O–H groups in total. The third-order valence-electron chi connectivity index (χ3n) is 20.5. The van der Waals surface area contributed by atoms with Crippen molar-refractivity contribution in [2.24, 2.45) is 52.3 Å². The lowest BCUT2D eigenvalue weighted by Gasteiger charge is -2.56. The van der Waals surface area contributed by atoms with Crippen LogP contribution in [0.1, 0.15) is 131 Å². The maximum atomic E-state index is 15.3. The summed E-state index contributed by atoms with van der Waals surface area (Å²) in [5, 5.41) is 36.7. The summed E-state index contributed by atoms with van der Waals surface area (Å²) >= 11 is 0. The summed E-state index contributed by atoms with van der Waals surface area (Å²) < 4.78 is 13.5. The van der Waals surface area contributed by atoms with Gasteiger partial charge < -0.3 is 41.0 Å². The number of allylic oxidation sites excluding steroid dienone is 5. The number of hydrogen-bond donors (Lipinski definition) is 6. The smallest absolute Gasteiger partial charge is 0.340 e. The summed E-state index contributed by atoms with van der Waals surface area (Å²) in [6, 6.07) is 32.3. The molecule has 14 bridgehead atoms. The van der Waals surface area contributed by atoms with Gasteiger partial charge in [-0.05, 0) is 251 Å². The van der Waals surface area contributed by atoms with E-state index in [1.54, 1.807) is 6.07 Å². The van der Waals surface area contributed by atoms with Crippen molar-refractivity contribution in [2.75, 3.05) is 33.3 Å². The first-order valence-corrected chi connectivity index (χ1v) is 30.5. The number of aliphatic hydroxyl groups excluding tert-OH is 1.